The van der Waals surface area contributed by atoms with Crippen molar-refractivity contribution in [2.45, 2.75) is 36.5 Å². The van der Waals surface area contributed by atoms with E-state index in [0.717, 1.165) is 43.0 Å². The topological polar surface area (TPSA) is 144 Å². The maximum atomic E-state index is 13.3. The Morgan fingerprint density at radius 2 is 1.76 bits per heavy atom. The molecule has 1 saturated carbocycles. The molecule has 6 N–H and O–H groups in total. The van der Waals surface area contributed by atoms with Gasteiger partial charge in [-0.05, 0) is 66.4 Å². The number of hydrogen-bond donors (Lipinski definition) is 4. The first kappa shape index (κ1) is 25.3. The van der Waals surface area contributed by atoms with Crippen molar-refractivity contribution >= 4 is 40.2 Å². The van der Waals surface area contributed by atoms with Crippen LogP contribution in [0.1, 0.15) is 57.9 Å². The molecule has 0 saturated heterocycles. The molecule has 182 valence electrons. The first-order chi connectivity index (χ1) is 16.4. The fraction of sp³-hybridized carbons (Fsp3) is 0.348. The number of carbonyl (C=O) groups excluding carboxylic acids is 2. The van der Waals surface area contributed by atoms with Crippen LogP contribution in [0.5, 0.6) is 0 Å². The van der Waals surface area contributed by atoms with Gasteiger partial charge in [-0.15, -0.1) is 0 Å². The SMILES string of the molecule is CONc1ccc(S/C(=N/N)N(C)N)c(C(=O)Nc2ccc(C3CCCC3)c(C(=O)OC)c2)c1. The third-order valence-corrected chi connectivity index (χ3v) is 6.72. The van der Waals surface area contributed by atoms with Gasteiger partial charge in [0.25, 0.3) is 5.91 Å². The highest BCUT2D eigenvalue weighted by Gasteiger charge is 2.24. The van der Waals surface area contributed by atoms with Crippen molar-refractivity contribution in [1.29, 1.82) is 0 Å². The summed E-state index contributed by atoms with van der Waals surface area (Å²) >= 11 is 1.14. The third kappa shape index (κ3) is 5.99. The molecule has 0 aromatic heterocycles. The Kier molecular flexibility index (Phi) is 8.74. The van der Waals surface area contributed by atoms with Gasteiger partial charge < -0.3 is 15.9 Å². The van der Waals surface area contributed by atoms with Crippen LogP contribution in [-0.4, -0.2) is 43.3 Å². The van der Waals surface area contributed by atoms with Crippen LogP contribution in [-0.2, 0) is 9.57 Å². The van der Waals surface area contributed by atoms with E-state index in [2.05, 4.69) is 15.9 Å². The Morgan fingerprint density at radius 1 is 1.09 bits per heavy atom. The normalized spacial score (nSPS) is 14.1. The van der Waals surface area contributed by atoms with E-state index >= 15 is 0 Å². The summed E-state index contributed by atoms with van der Waals surface area (Å²) in [7, 11) is 4.43. The average Bonchev–Trinajstić information content (AvgIpc) is 3.37. The number of hydrazine groups is 1. The van der Waals surface area contributed by atoms with Crippen LogP contribution in [0.2, 0.25) is 0 Å². The van der Waals surface area contributed by atoms with E-state index in [1.807, 2.05) is 12.1 Å². The lowest BCUT2D eigenvalue weighted by Crippen LogP contribution is -2.32. The molecule has 34 heavy (non-hydrogen) atoms. The van der Waals surface area contributed by atoms with Crippen molar-refractivity contribution in [3.05, 3.63) is 53.1 Å². The second-order valence-electron chi connectivity index (χ2n) is 7.87. The summed E-state index contributed by atoms with van der Waals surface area (Å²) in [6, 6.07) is 10.5. The van der Waals surface area contributed by atoms with Crippen LogP contribution in [0.3, 0.4) is 0 Å². The fourth-order valence-electron chi connectivity index (χ4n) is 3.98. The molecule has 0 heterocycles. The van der Waals surface area contributed by atoms with Crippen LogP contribution in [0, 0.1) is 0 Å². The lowest BCUT2D eigenvalue weighted by molar-refractivity contribution is 0.0598. The molecule has 10 nitrogen and oxygen atoms in total. The first-order valence-corrected chi connectivity index (χ1v) is 11.6. The number of amidine groups is 1. The van der Waals surface area contributed by atoms with Gasteiger partial charge in [-0.1, -0.05) is 18.9 Å². The molecule has 11 heteroatoms. The minimum atomic E-state index is -0.421. The number of anilines is 2. The van der Waals surface area contributed by atoms with E-state index in [9.17, 15) is 9.59 Å². The number of thioether (sulfide) groups is 1. The van der Waals surface area contributed by atoms with E-state index in [-0.39, 0.29) is 5.91 Å². The number of benzene rings is 2. The van der Waals surface area contributed by atoms with Crippen LogP contribution in [0.15, 0.2) is 46.4 Å². The number of nitrogens with two attached hydrogens (primary N) is 2. The van der Waals surface area contributed by atoms with Gasteiger partial charge in [0.2, 0.25) is 5.17 Å². The number of nitrogens with zero attached hydrogens (tertiary/aromatic N) is 2. The Labute approximate surface area is 202 Å². The van der Waals surface area contributed by atoms with E-state index in [0.29, 0.717) is 38.5 Å². The zero-order valence-corrected chi connectivity index (χ0v) is 20.3. The summed E-state index contributed by atoms with van der Waals surface area (Å²) in [4.78, 5) is 31.3. The highest BCUT2D eigenvalue weighted by molar-refractivity contribution is 8.13. The van der Waals surface area contributed by atoms with Crippen LogP contribution in [0.4, 0.5) is 11.4 Å². The monoisotopic (exact) mass is 486 g/mol. The van der Waals surface area contributed by atoms with Gasteiger partial charge in [0, 0.05) is 17.6 Å². The smallest absolute Gasteiger partial charge is 0.338 e. The largest absolute Gasteiger partial charge is 0.465 e. The molecule has 0 aliphatic heterocycles. The maximum absolute atomic E-state index is 13.3. The van der Waals surface area contributed by atoms with Crippen molar-refractivity contribution in [2.24, 2.45) is 16.8 Å². The number of ether oxygens (including phenoxy) is 1. The molecule has 1 aliphatic carbocycles. The lowest BCUT2D eigenvalue weighted by atomic mass is 9.92. The number of nitrogens with one attached hydrogen (secondary N) is 2. The molecular formula is C23H30N6O4S. The van der Waals surface area contributed by atoms with E-state index < -0.39 is 5.97 Å². The molecule has 3 rings (SSSR count). The molecular weight excluding hydrogens is 456 g/mol. The summed E-state index contributed by atoms with van der Waals surface area (Å²) in [5.41, 5.74) is 5.55. The van der Waals surface area contributed by atoms with E-state index in [4.69, 9.17) is 21.3 Å². The number of esters is 1. The Hall–Kier alpha value is -3.28. The number of amides is 1. The van der Waals surface area contributed by atoms with Gasteiger partial charge >= 0.3 is 5.97 Å². The zero-order chi connectivity index (χ0) is 24.7. The second-order valence-corrected chi connectivity index (χ2v) is 8.88. The van der Waals surface area contributed by atoms with E-state index in [1.54, 1.807) is 31.3 Å². The lowest BCUT2D eigenvalue weighted by Gasteiger charge is -2.18. The first-order valence-electron chi connectivity index (χ1n) is 10.8. The molecule has 0 unspecified atom stereocenters. The second kappa shape index (κ2) is 11.7. The van der Waals surface area contributed by atoms with Crippen LogP contribution < -0.4 is 22.5 Å². The van der Waals surface area contributed by atoms with Crippen molar-refractivity contribution in [3.63, 3.8) is 0 Å². The highest BCUT2D eigenvalue weighted by atomic mass is 32.2. The van der Waals surface area contributed by atoms with Gasteiger partial charge in [0.15, 0.2) is 0 Å². The van der Waals surface area contributed by atoms with Crippen molar-refractivity contribution in [1.82, 2.24) is 5.01 Å². The van der Waals surface area contributed by atoms with Gasteiger partial charge in [0.05, 0.1) is 31.0 Å². The zero-order valence-electron chi connectivity index (χ0n) is 19.5. The number of hydrogen-bond acceptors (Lipinski definition) is 9. The fourth-order valence-corrected chi connectivity index (χ4v) is 4.77. The molecule has 2 aromatic rings. The molecule has 0 atom stereocenters. The van der Waals surface area contributed by atoms with Crippen LogP contribution in [0.25, 0.3) is 0 Å². The van der Waals surface area contributed by atoms with Crippen LogP contribution >= 0.6 is 11.8 Å². The predicted molar refractivity (Wildman–Crippen MR) is 133 cm³/mol. The average molecular weight is 487 g/mol. The third-order valence-electron chi connectivity index (χ3n) is 5.57. The maximum Gasteiger partial charge on any atom is 0.338 e. The minimum absolute atomic E-state index is 0.315. The summed E-state index contributed by atoms with van der Waals surface area (Å²) in [6.07, 6.45) is 4.36. The molecule has 0 spiro atoms. The summed E-state index contributed by atoms with van der Waals surface area (Å²) in [6.45, 7) is 0. The Bertz CT molecular complexity index is 1070. The van der Waals surface area contributed by atoms with E-state index in [1.165, 1.54) is 19.2 Å². The molecule has 1 fully saturated rings. The quantitative estimate of drug-likeness (QED) is 0.115. The standard InChI is InChI=1S/C23H30N6O4S/c1-29(25)23(27-24)34-20-11-9-16(28-33-3)13-19(20)21(30)26-15-8-10-17(14-6-4-5-7-14)18(12-15)22(31)32-2/h8-14,28H,4-7,24-25H2,1-3H3,(H,26,30)/b27-23+. The van der Waals surface area contributed by atoms with Crippen molar-refractivity contribution < 1.29 is 19.2 Å². The van der Waals surface area contributed by atoms with Gasteiger partial charge in [0.1, 0.15) is 0 Å². The van der Waals surface area contributed by atoms with Crippen molar-refractivity contribution in [2.75, 3.05) is 32.1 Å². The summed E-state index contributed by atoms with van der Waals surface area (Å²) in [5, 5.41) is 8.13. The molecule has 1 aliphatic rings. The number of methoxy groups -OCH3 is 1. The van der Waals surface area contributed by atoms with Gasteiger partial charge in [-0.2, -0.15) is 5.10 Å². The number of carbonyl (C=O) groups is 2. The predicted octanol–water partition coefficient (Wildman–Crippen LogP) is 3.48. The minimum Gasteiger partial charge on any atom is -0.465 e. The highest BCUT2D eigenvalue weighted by Crippen LogP contribution is 2.37. The summed E-state index contributed by atoms with van der Waals surface area (Å²) < 4.78 is 5.00. The van der Waals surface area contributed by atoms with Gasteiger partial charge in [-0.3, -0.25) is 20.1 Å². The molecule has 2 aromatic carbocycles. The van der Waals surface area contributed by atoms with Crippen molar-refractivity contribution in [3.8, 4) is 0 Å². The number of rotatable bonds is 7. The molecule has 0 bridgehead atoms. The van der Waals surface area contributed by atoms with Gasteiger partial charge in [-0.25, -0.2) is 10.6 Å². The Morgan fingerprint density at radius 3 is 2.38 bits per heavy atom. The summed E-state index contributed by atoms with van der Waals surface area (Å²) in [5.74, 6) is 10.7. The molecule has 1 amide bonds. The molecule has 0 radical (unpaired) electrons. The Balaban J connectivity index is 1.93. The number of hydrazone groups is 1.